The molecule has 0 aliphatic carbocycles. The van der Waals surface area contributed by atoms with Crippen LogP contribution in [0.1, 0.15) is 0 Å². The summed E-state index contributed by atoms with van der Waals surface area (Å²) in [5.74, 6) is -1.73. The van der Waals surface area contributed by atoms with Gasteiger partial charge in [0.05, 0.1) is 0 Å². The number of hydrogen-bond donors (Lipinski definition) is 2. The molecule has 0 aromatic carbocycles. The molecule has 5 nitrogen and oxygen atoms in total. The Labute approximate surface area is 58.4 Å². The van der Waals surface area contributed by atoms with E-state index in [4.69, 9.17) is 5.11 Å². The minimum Gasteiger partial charge on any atom is -0.375 e. The first-order valence-electron chi connectivity index (χ1n) is 2.65. The van der Waals surface area contributed by atoms with Gasteiger partial charge in [0.2, 0.25) is 6.10 Å². The molecule has 0 saturated heterocycles. The van der Waals surface area contributed by atoms with E-state index in [1.165, 1.54) is 14.1 Å². The molecule has 0 unspecified atom stereocenters. The number of primary amides is 1. The lowest BCUT2D eigenvalue weighted by Gasteiger charge is -2.12. The van der Waals surface area contributed by atoms with Gasteiger partial charge in [-0.25, -0.2) is 0 Å². The second-order valence-electron chi connectivity index (χ2n) is 2.04. The molecule has 0 heterocycles. The lowest BCUT2D eigenvalue weighted by atomic mass is 10.3. The first-order chi connectivity index (χ1) is 4.46. The smallest absolute Gasteiger partial charge is 0.260 e. The number of carbonyl (C=O) groups excluding carboxylic acids is 2. The number of rotatable bonds is 2. The van der Waals surface area contributed by atoms with Gasteiger partial charge in [-0.3, -0.25) is 9.59 Å². The number of nitrogens with zero attached hydrogens (tertiary/aromatic N) is 1. The molecule has 2 amide bonds. The summed E-state index contributed by atoms with van der Waals surface area (Å²) >= 11 is 0. The van der Waals surface area contributed by atoms with E-state index in [1.54, 1.807) is 0 Å². The number of nitrogens with two attached hydrogens (primary N) is 1. The van der Waals surface area contributed by atoms with E-state index in [2.05, 4.69) is 5.73 Å². The van der Waals surface area contributed by atoms with Gasteiger partial charge >= 0.3 is 0 Å². The second-order valence-corrected chi connectivity index (χ2v) is 2.04. The van der Waals surface area contributed by atoms with Gasteiger partial charge < -0.3 is 15.7 Å². The van der Waals surface area contributed by atoms with Crippen molar-refractivity contribution in [2.75, 3.05) is 14.1 Å². The average molecular weight is 146 g/mol. The van der Waals surface area contributed by atoms with E-state index in [0.29, 0.717) is 0 Å². The van der Waals surface area contributed by atoms with Gasteiger partial charge in [-0.05, 0) is 0 Å². The summed E-state index contributed by atoms with van der Waals surface area (Å²) in [6, 6.07) is 0. The maximum absolute atomic E-state index is 10.7. The summed E-state index contributed by atoms with van der Waals surface area (Å²) < 4.78 is 0. The van der Waals surface area contributed by atoms with Crippen molar-refractivity contribution in [3.63, 3.8) is 0 Å². The summed E-state index contributed by atoms with van der Waals surface area (Å²) in [6.45, 7) is 0. The fourth-order valence-electron chi connectivity index (χ4n) is 0.366. The summed E-state index contributed by atoms with van der Waals surface area (Å²) in [5, 5.41) is 8.70. The highest BCUT2D eigenvalue weighted by Gasteiger charge is 2.21. The number of carbonyl (C=O) groups is 2. The third-order valence-corrected chi connectivity index (χ3v) is 0.944. The zero-order valence-electron chi connectivity index (χ0n) is 5.87. The van der Waals surface area contributed by atoms with Crippen molar-refractivity contribution in [2.45, 2.75) is 6.10 Å². The van der Waals surface area contributed by atoms with Crippen LogP contribution in [0.5, 0.6) is 0 Å². The topological polar surface area (TPSA) is 83.6 Å². The molecule has 0 bridgehead atoms. The standard InChI is InChI=1S/C5H10N2O3/c1-7(2)5(10)3(8)4(6)9/h3,8H,1-2H3,(H2,6,9)/t3-/m0/s1. The molecule has 0 saturated carbocycles. The van der Waals surface area contributed by atoms with Gasteiger partial charge in [0, 0.05) is 14.1 Å². The normalized spacial score (nSPS) is 12.3. The number of hydrogen-bond acceptors (Lipinski definition) is 3. The summed E-state index contributed by atoms with van der Waals surface area (Å²) in [4.78, 5) is 21.9. The van der Waals surface area contributed by atoms with Crippen molar-refractivity contribution < 1.29 is 14.7 Å². The maximum Gasteiger partial charge on any atom is 0.260 e. The Morgan fingerprint density at radius 2 is 1.90 bits per heavy atom. The maximum atomic E-state index is 10.7. The Hall–Kier alpha value is -1.10. The van der Waals surface area contributed by atoms with E-state index in [1.807, 2.05) is 0 Å². The quantitative estimate of drug-likeness (QED) is 0.438. The molecule has 5 heteroatoms. The zero-order valence-corrected chi connectivity index (χ0v) is 5.87. The van der Waals surface area contributed by atoms with Crippen molar-refractivity contribution in [3.8, 4) is 0 Å². The van der Waals surface area contributed by atoms with Crippen molar-refractivity contribution in [2.24, 2.45) is 5.73 Å². The van der Waals surface area contributed by atoms with Gasteiger partial charge in [-0.2, -0.15) is 0 Å². The lowest BCUT2D eigenvalue weighted by molar-refractivity contribution is -0.144. The molecule has 0 radical (unpaired) electrons. The molecule has 1 atom stereocenters. The van der Waals surface area contributed by atoms with Gasteiger partial charge in [0.25, 0.3) is 11.8 Å². The summed E-state index contributed by atoms with van der Waals surface area (Å²) in [5.41, 5.74) is 4.64. The molecular weight excluding hydrogens is 136 g/mol. The monoisotopic (exact) mass is 146 g/mol. The molecule has 10 heavy (non-hydrogen) atoms. The first-order valence-corrected chi connectivity index (χ1v) is 2.65. The van der Waals surface area contributed by atoms with Crippen LogP contribution in [0.2, 0.25) is 0 Å². The molecule has 0 aromatic rings. The third-order valence-electron chi connectivity index (χ3n) is 0.944. The fourth-order valence-corrected chi connectivity index (χ4v) is 0.366. The summed E-state index contributed by atoms with van der Waals surface area (Å²) in [7, 11) is 2.85. The molecular formula is C5H10N2O3. The van der Waals surface area contributed by atoms with Crippen molar-refractivity contribution >= 4 is 11.8 Å². The third kappa shape index (κ3) is 2.02. The van der Waals surface area contributed by atoms with E-state index < -0.39 is 17.9 Å². The van der Waals surface area contributed by atoms with Crippen LogP contribution in [0.4, 0.5) is 0 Å². The predicted octanol–water partition coefficient (Wildman–Crippen LogP) is -2.08. The predicted molar refractivity (Wildman–Crippen MR) is 33.9 cm³/mol. The second kappa shape index (κ2) is 3.17. The number of aliphatic hydroxyl groups excluding tert-OH is 1. The van der Waals surface area contributed by atoms with Gasteiger partial charge in [0.15, 0.2) is 0 Å². The fraction of sp³-hybridized carbons (Fsp3) is 0.600. The van der Waals surface area contributed by atoms with Crippen molar-refractivity contribution in [1.29, 1.82) is 0 Å². The average Bonchev–Trinajstić information content (AvgIpc) is 1.84. The molecule has 0 aliphatic heterocycles. The van der Waals surface area contributed by atoms with Crippen molar-refractivity contribution in [3.05, 3.63) is 0 Å². The van der Waals surface area contributed by atoms with E-state index in [9.17, 15) is 9.59 Å². The molecule has 3 N–H and O–H groups in total. The van der Waals surface area contributed by atoms with Crippen molar-refractivity contribution in [1.82, 2.24) is 4.90 Å². The van der Waals surface area contributed by atoms with E-state index >= 15 is 0 Å². The Morgan fingerprint density at radius 3 is 2.00 bits per heavy atom. The van der Waals surface area contributed by atoms with Gasteiger partial charge in [-0.15, -0.1) is 0 Å². The largest absolute Gasteiger partial charge is 0.375 e. The van der Waals surface area contributed by atoms with Crippen LogP contribution >= 0.6 is 0 Å². The lowest BCUT2D eigenvalue weighted by Crippen LogP contribution is -2.42. The Morgan fingerprint density at radius 1 is 1.50 bits per heavy atom. The summed E-state index contributed by atoms with van der Waals surface area (Å²) in [6.07, 6.45) is -1.71. The number of aliphatic hydroxyl groups is 1. The van der Waals surface area contributed by atoms with Gasteiger partial charge in [0.1, 0.15) is 0 Å². The minimum atomic E-state index is -1.71. The molecule has 58 valence electrons. The van der Waals surface area contributed by atoms with Crippen LogP contribution < -0.4 is 5.73 Å². The zero-order chi connectivity index (χ0) is 8.31. The molecule has 0 spiro atoms. The van der Waals surface area contributed by atoms with Gasteiger partial charge in [-0.1, -0.05) is 0 Å². The number of likely N-dealkylation sites (N-methyl/N-ethyl adjacent to an activating group) is 1. The Balaban J connectivity index is 4.08. The molecule has 0 aromatic heterocycles. The van der Waals surface area contributed by atoms with Crippen LogP contribution in [0.3, 0.4) is 0 Å². The SMILES string of the molecule is CN(C)C(=O)[C@@H](O)C(N)=O. The highest BCUT2D eigenvalue weighted by molar-refractivity contribution is 6.01. The minimum absolute atomic E-state index is 0.701. The molecule has 0 aliphatic rings. The molecule has 0 rings (SSSR count). The van der Waals surface area contributed by atoms with Crippen LogP contribution in [-0.2, 0) is 9.59 Å². The van der Waals surface area contributed by atoms with Crippen LogP contribution in [0, 0.1) is 0 Å². The van der Waals surface area contributed by atoms with Crippen LogP contribution in [0.25, 0.3) is 0 Å². The van der Waals surface area contributed by atoms with Crippen LogP contribution in [0.15, 0.2) is 0 Å². The highest BCUT2D eigenvalue weighted by atomic mass is 16.3. The van der Waals surface area contributed by atoms with E-state index in [0.717, 1.165) is 4.90 Å². The highest BCUT2D eigenvalue weighted by Crippen LogP contribution is 1.86. The van der Waals surface area contributed by atoms with E-state index in [-0.39, 0.29) is 0 Å². The Bertz CT molecular complexity index is 155. The Kier molecular flexibility index (Phi) is 2.82. The first kappa shape index (κ1) is 8.90. The number of amides is 2. The molecule has 0 fully saturated rings. The van der Waals surface area contributed by atoms with Crippen LogP contribution in [-0.4, -0.2) is 42.0 Å².